The Morgan fingerprint density at radius 2 is 1.38 bits per heavy atom. The molecule has 18 heteroatoms. The fraction of sp³-hybridized carbons (Fsp3) is 0.413. The third-order valence-corrected chi connectivity index (χ3v) is 13.9. The molecule has 3 aromatic carbocycles. The smallest absolute Gasteiger partial charge is 0.337 e. The summed E-state index contributed by atoms with van der Waals surface area (Å²) in [6.45, 7) is 7.37. The summed E-state index contributed by atoms with van der Waals surface area (Å²) < 4.78 is 37.8. The van der Waals surface area contributed by atoms with E-state index in [2.05, 4.69) is 25.5 Å². The fourth-order valence-electron chi connectivity index (χ4n) is 9.39. The van der Waals surface area contributed by atoms with Crippen LogP contribution in [0.1, 0.15) is 69.3 Å². The minimum absolute atomic E-state index is 0.129. The molecule has 1 saturated carbocycles. The standard InChI is InChI=1S/C32H30Cl2N4O5.C14H14Cl2N2O3/c1-32(26-7-6-18(33)12-35-26)42-25-5-3-4-20(30(25)43-32)28-21-14-37(15-22(21)28)16-27-36-29-23(34)10-17(31(39)40-2)11-24(29)38(27)13-19-8-9-41-19;1-20-14(19)8-4-10(16)13-11(5-8)18(12(6-15)17-13)7-9-2-3-21-9/h3-7,10-12,19,21-22,28H,8-9,13-16H2,1-2H3;4-5,9H,2-3,6-7H2,1H3/t19-,21-,22+,28?,32?;9-/m00/s1. The Hall–Kier alpha value is -4.67. The molecule has 7 heterocycles. The maximum Gasteiger partial charge on any atom is 0.337 e. The van der Waals surface area contributed by atoms with Gasteiger partial charge >= 0.3 is 11.9 Å². The van der Waals surface area contributed by atoms with E-state index in [-0.39, 0.29) is 18.1 Å². The molecule has 0 spiro atoms. The molecule has 5 aliphatic rings. The van der Waals surface area contributed by atoms with Crippen LogP contribution in [0.5, 0.6) is 11.5 Å². The summed E-state index contributed by atoms with van der Waals surface area (Å²) in [7, 11) is 2.71. The number of hydrogen-bond acceptors (Lipinski definition) is 12. The summed E-state index contributed by atoms with van der Waals surface area (Å²) in [5, 5.41) is 1.42. The predicted octanol–water partition coefficient (Wildman–Crippen LogP) is 8.81. The van der Waals surface area contributed by atoms with Gasteiger partial charge in [0.2, 0.25) is 0 Å². The molecule has 4 fully saturated rings. The molecule has 0 amide bonds. The number of likely N-dealkylation sites (tertiary alicyclic amines) is 1. The van der Waals surface area contributed by atoms with Gasteiger partial charge in [-0.15, -0.1) is 11.6 Å². The number of hydrogen-bond donors (Lipinski definition) is 0. The second-order valence-corrected chi connectivity index (χ2v) is 18.4. The molecule has 0 bridgehead atoms. The Balaban J connectivity index is 0.000000194. The molecule has 0 radical (unpaired) electrons. The monoisotopic (exact) mass is 948 g/mol. The number of ether oxygens (including phenoxy) is 6. The highest BCUT2D eigenvalue weighted by Crippen LogP contribution is 2.62. The van der Waals surface area contributed by atoms with E-state index in [9.17, 15) is 9.59 Å². The van der Waals surface area contributed by atoms with Crippen LogP contribution in [0.25, 0.3) is 22.1 Å². The number of alkyl halides is 1. The van der Waals surface area contributed by atoms with Crippen LogP contribution < -0.4 is 9.47 Å². The van der Waals surface area contributed by atoms with Gasteiger partial charge in [0.15, 0.2) is 11.5 Å². The zero-order chi connectivity index (χ0) is 44.4. The molecule has 14 nitrogen and oxygen atoms in total. The number of halogens is 4. The lowest BCUT2D eigenvalue weighted by Crippen LogP contribution is -2.33. The van der Waals surface area contributed by atoms with Crippen LogP contribution in [0.4, 0.5) is 0 Å². The highest BCUT2D eigenvalue weighted by molar-refractivity contribution is 6.36. The number of esters is 2. The van der Waals surface area contributed by atoms with Crippen molar-refractivity contribution >= 4 is 80.4 Å². The van der Waals surface area contributed by atoms with Crippen molar-refractivity contribution in [2.45, 2.75) is 69.2 Å². The minimum Gasteiger partial charge on any atom is -0.465 e. The maximum absolute atomic E-state index is 12.3. The van der Waals surface area contributed by atoms with E-state index in [0.717, 1.165) is 67.5 Å². The molecule has 4 aliphatic heterocycles. The first kappa shape index (κ1) is 43.2. The molecule has 3 saturated heterocycles. The number of carbonyl (C=O) groups is 2. The first-order chi connectivity index (χ1) is 30.9. The largest absolute Gasteiger partial charge is 0.465 e. The van der Waals surface area contributed by atoms with Gasteiger partial charge in [-0.1, -0.05) is 46.9 Å². The quantitative estimate of drug-likeness (QED) is 0.0906. The second-order valence-electron chi connectivity index (χ2n) is 16.8. The van der Waals surface area contributed by atoms with Gasteiger partial charge < -0.3 is 37.6 Å². The van der Waals surface area contributed by atoms with E-state index in [1.54, 1.807) is 30.5 Å². The third-order valence-electron chi connectivity index (χ3n) is 12.9. The molecule has 3 aromatic heterocycles. The highest BCUT2D eigenvalue weighted by Gasteiger charge is 2.58. The van der Waals surface area contributed by atoms with Crippen LogP contribution in [0, 0.1) is 11.8 Å². The number of aromatic nitrogens is 5. The maximum atomic E-state index is 12.3. The average molecular weight is 951 g/mol. The number of methoxy groups -OCH3 is 2. The van der Waals surface area contributed by atoms with Crippen LogP contribution >= 0.6 is 46.4 Å². The number of para-hydroxylation sites is 1. The number of benzene rings is 3. The minimum atomic E-state index is -1.00. The Kier molecular flexibility index (Phi) is 11.7. The summed E-state index contributed by atoms with van der Waals surface area (Å²) in [6, 6.07) is 16.5. The van der Waals surface area contributed by atoms with Crippen molar-refractivity contribution in [1.29, 1.82) is 0 Å². The van der Waals surface area contributed by atoms with Crippen LogP contribution in [-0.2, 0) is 50.2 Å². The lowest BCUT2D eigenvalue weighted by molar-refractivity contribution is -0.0721. The number of nitrogens with zero attached hydrogens (tertiary/aromatic N) is 6. The van der Waals surface area contributed by atoms with E-state index in [0.29, 0.717) is 86.1 Å². The van der Waals surface area contributed by atoms with Crippen molar-refractivity contribution in [1.82, 2.24) is 29.0 Å². The van der Waals surface area contributed by atoms with Crippen molar-refractivity contribution in [3.63, 3.8) is 0 Å². The van der Waals surface area contributed by atoms with Gasteiger partial charge in [-0.3, -0.25) is 9.88 Å². The molecule has 64 heavy (non-hydrogen) atoms. The van der Waals surface area contributed by atoms with Crippen molar-refractivity contribution < 1.29 is 38.0 Å². The molecule has 1 aliphatic carbocycles. The summed E-state index contributed by atoms with van der Waals surface area (Å²) >= 11 is 24.9. The van der Waals surface area contributed by atoms with Crippen molar-refractivity contribution in [2.24, 2.45) is 11.8 Å². The highest BCUT2D eigenvalue weighted by atomic mass is 35.5. The Bertz CT molecular complexity index is 2780. The molecular formula is C46H44Cl4N6O8. The van der Waals surface area contributed by atoms with Crippen molar-refractivity contribution in [2.75, 3.05) is 40.5 Å². The molecular weight excluding hydrogens is 906 g/mol. The van der Waals surface area contributed by atoms with Gasteiger partial charge in [0.05, 0.1) is 89.2 Å². The van der Waals surface area contributed by atoms with Crippen molar-refractivity contribution in [3.8, 4) is 11.5 Å². The van der Waals surface area contributed by atoms with E-state index < -0.39 is 17.7 Å². The molecule has 2 unspecified atom stereocenters. The number of imidazole rings is 2. The van der Waals surface area contributed by atoms with Gasteiger partial charge in [-0.25, -0.2) is 19.6 Å². The molecule has 6 atom stereocenters. The van der Waals surface area contributed by atoms with E-state index >= 15 is 0 Å². The first-order valence-corrected chi connectivity index (χ1v) is 22.8. The van der Waals surface area contributed by atoms with Crippen LogP contribution in [0.3, 0.4) is 0 Å². The Labute approximate surface area is 388 Å². The average Bonchev–Trinajstić information content (AvgIpc) is 3.68. The lowest BCUT2D eigenvalue weighted by atomic mass is 10.0. The van der Waals surface area contributed by atoms with Crippen LogP contribution in [0.2, 0.25) is 15.1 Å². The number of fused-ring (bicyclic) bond motifs is 4. The molecule has 0 N–H and O–H groups in total. The summed E-state index contributed by atoms with van der Waals surface area (Å²) in [6.07, 6.45) is 3.90. The van der Waals surface area contributed by atoms with Crippen LogP contribution in [0.15, 0.2) is 60.8 Å². The summed E-state index contributed by atoms with van der Waals surface area (Å²) in [4.78, 5) is 40.4. The predicted molar refractivity (Wildman–Crippen MR) is 240 cm³/mol. The van der Waals surface area contributed by atoms with Gasteiger partial charge in [0.1, 0.15) is 28.4 Å². The molecule has 11 rings (SSSR count). The van der Waals surface area contributed by atoms with Crippen LogP contribution in [-0.4, -0.2) is 93.7 Å². The van der Waals surface area contributed by atoms with Gasteiger partial charge in [-0.2, -0.15) is 0 Å². The fourth-order valence-corrected chi connectivity index (χ4v) is 10.2. The van der Waals surface area contributed by atoms with E-state index in [1.807, 2.05) is 35.8 Å². The van der Waals surface area contributed by atoms with Crippen molar-refractivity contribution in [3.05, 3.63) is 110 Å². The zero-order valence-electron chi connectivity index (χ0n) is 35.2. The van der Waals surface area contributed by atoms with E-state index in [4.69, 9.17) is 79.8 Å². The topological polar surface area (TPSA) is 141 Å². The van der Waals surface area contributed by atoms with Gasteiger partial charge in [0, 0.05) is 45.0 Å². The number of carbonyl (C=O) groups excluding carboxylic acids is 2. The SMILES string of the molecule is COC(=O)c1cc(Cl)c2nc(CCl)n(C[C@@H]3CCO3)c2c1.COC(=O)c1cc(Cl)c2nc(CN3C[C@@H]4C(c5cccc6c5OC(C)(c5ccc(Cl)cn5)O6)[C@@H]4C3)n(C[C@@H]3CCO3)c2c1. The summed E-state index contributed by atoms with van der Waals surface area (Å²) in [5.41, 5.74) is 5.62. The number of piperidine rings is 1. The number of pyridine rings is 1. The first-order valence-electron chi connectivity index (χ1n) is 21.1. The Morgan fingerprint density at radius 1 is 0.797 bits per heavy atom. The Morgan fingerprint density at radius 3 is 1.89 bits per heavy atom. The van der Waals surface area contributed by atoms with Gasteiger partial charge in [0.25, 0.3) is 5.79 Å². The van der Waals surface area contributed by atoms with E-state index in [1.165, 1.54) is 19.8 Å². The normalized spacial score (nSPS) is 24.1. The zero-order valence-corrected chi connectivity index (χ0v) is 38.2. The third kappa shape index (κ3) is 7.94. The number of rotatable bonds is 11. The molecule has 6 aromatic rings. The van der Waals surface area contributed by atoms with Gasteiger partial charge in [-0.05, 0) is 73.1 Å². The summed E-state index contributed by atoms with van der Waals surface area (Å²) in [5.74, 6) is 3.07. The second kappa shape index (κ2) is 17.3. The molecule has 334 valence electrons. The lowest BCUT2D eigenvalue weighted by Gasteiger charge is -2.28.